The highest BCUT2D eigenvalue weighted by Crippen LogP contribution is 2.20. The van der Waals surface area contributed by atoms with Crippen LogP contribution >= 0.6 is 0 Å². The Morgan fingerprint density at radius 2 is 1.87 bits per heavy atom. The molecule has 1 aromatic heterocycles. The van der Waals surface area contributed by atoms with E-state index in [9.17, 15) is 14.3 Å². The maximum atomic E-state index is 13.8. The number of piperazine rings is 1. The average molecular weight is 317 g/mol. The van der Waals surface area contributed by atoms with Gasteiger partial charge in [0, 0.05) is 57.7 Å². The molecule has 0 aliphatic carbocycles. The summed E-state index contributed by atoms with van der Waals surface area (Å²) in [6.45, 7) is 3.71. The zero-order chi connectivity index (χ0) is 16.4. The molecule has 0 spiro atoms. The normalized spacial score (nSPS) is 15.8. The Bertz CT molecular complexity index is 752. The second-order valence-corrected chi connectivity index (χ2v) is 5.84. The van der Waals surface area contributed by atoms with Gasteiger partial charge in [0.2, 0.25) is 5.43 Å². The van der Waals surface area contributed by atoms with Crippen molar-refractivity contribution in [3.05, 3.63) is 58.3 Å². The third-order valence-electron chi connectivity index (χ3n) is 4.27. The molecule has 1 fully saturated rings. The van der Waals surface area contributed by atoms with E-state index in [0.29, 0.717) is 12.2 Å². The van der Waals surface area contributed by atoms with Gasteiger partial charge in [0.15, 0.2) is 5.75 Å². The van der Waals surface area contributed by atoms with Crippen LogP contribution in [0.5, 0.6) is 5.75 Å². The monoisotopic (exact) mass is 317 g/mol. The van der Waals surface area contributed by atoms with Crippen molar-refractivity contribution in [1.82, 2.24) is 9.47 Å². The van der Waals surface area contributed by atoms with E-state index in [0.717, 1.165) is 31.9 Å². The lowest BCUT2D eigenvalue weighted by Crippen LogP contribution is -2.46. The lowest BCUT2D eigenvalue weighted by molar-refractivity contribution is 0.243. The molecule has 23 heavy (non-hydrogen) atoms. The largest absolute Gasteiger partial charge is 0.503 e. The van der Waals surface area contributed by atoms with Crippen LogP contribution in [0.2, 0.25) is 0 Å². The Morgan fingerprint density at radius 3 is 2.57 bits per heavy atom. The number of para-hydroxylation sites is 1. The predicted molar refractivity (Wildman–Crippen MR) is 87.2 cm³/mol. The molecule has 1 N–H and O–H groups in total. The molecule has 1 aliphatic rings. The van der Waals surface area contributed by atoms with Crippen molar-refractivity contribution >= 4 is 5.69 Å². The Kier molecular flexibility index (Phi) is 4.34. The molecule has 0 radical (unpaired) electrons. The van der Waals surface area contributed by atoms with Gasteiger partial charge in [-0.05, 0) is 12.1 Å². The van der Waals surface area contributed by atoms with E-state index in [1.165, 1.54) is 18.3 Å². The van der Waals surface area contributed by atoms with E-state index in [1.54, 1.807) is 16.7 Å². The number of nitrogens with zero attached hydrogens (tertiary/aromatic N) is 3. The molecule has 0 amide bonds. The third-order valence-corrected chi connectivity index (χ3v) is 4.27. The Morgan fingerprint density at radius 1 is 1.17 bits per heavy atom. The summed E-state index contributed by atoms with van der Waals surface area (Å²) in [5.74, 6) is -0.428. The summed E-state index contributed by atoms with van der Waals surface area (Å²) in [6, 6.07) is 8.29. The van der Waals surface area contributed by atoms with Crippen LogP contribution < -0.4 is 10.3 Å². The van der Waals surface area contributed by atoms with Gasteiger partial charge in [-0.3, -0.25) is 9.69 Å². The molecular weight excluding hydrogens is 297 g/mol. The number of hydrogen-bond acceptors (Lipinski definition) is 4. The first-order chi connectivity index (χ1) is 11.0. The Hall–Kier alpha value is -2.34. The number of anilines is 1. The topological polar surface area (TPSA) is 48.7 Å². The minimum absolute atomic E-state index is 0.193. The van der Waals surface area contributed by atoms with Crippen LogP contribution in [0.1, 0.15) is 5.69 Å². The predicted octanol–water partition coefficient (Wildman–Crippen LogP) is 1.55. The van der Waals surface area contributed by atoms with Crippen molar-refractivity contribution in [2.45, 2.75) is 6.54 Å². The second-order valence-electron chi connectivity index (χ2n) is 5.84. The second kappa shape index (κ2) is 6.42. The van der Waals surface area contributed by atoms with Gasteiger partial charge in [-0.2, -0.15) is 0 Å². The van der Waals surface area contributed by atoms with Gasteiger partial charge in [0.1, 0.15) is 5.82 Å². The first-order valence-electron chi connectivity index (χ1n) is 7.65. The van der Waals surface area contributed by atoms with Gasteiger partial charge in [-0.15, -0.1) is 0 Å². The molecule has 1 saturated heterocycles. The molecule has 0 bridgehead atoms. The molecular formula is C17H20FN3O2. The third kappa shape index (κ3) is 3.37. The van der Waals surface area contributed by atoms with Crippen molar-refractivity contribution in [1.29, 1.82) is 0 Å². The molecule has 5 nitrogen and oxygen atoms in total. The van der Waals surface area contributed by atoms with E-state index >= 15 is 0 Å². The summed E-state index contributed by atoms with van der Waals surface area (Å²) in [5.41, 5.74) is 1.14. The number of benzene rings is 1. The smallest absolute Gasteiger partial charge is 0.223 e. The number of rotatable bonds is 3. The van der Waals surface area contributed by atoms with Crippen LogP contribution in [0, 0.1) is 5.82 Å². The van der Waals surface area contributed by atoms with Gasteiger partial charge in [0.25, 0.3) is 0 Å². The first kappa shape index (κ1) is 15.6. The molecule has 122 valence electrons. The molecule has 1 aromatic carbocycles. The Labute approximate surface area is 134 Å². The molecule has 2 heterocycles. The van der Waals surface area contributed by atoms with Crippen LogP contribution in [-0.4, -0.2) is 40.8 Å². The fraction of sp³-hybridized carbons (Fsp3) is 0.353. The van der Waals surface area contributed by atoms with Crippen LogP contribution in [0.25, 0.3) is 0 Å². The SMILES string of the molecule is Cn1cc(O)c(=O)cc1CN1CCN(c2ccccc2F)CC1. The highest BCUT2D eigenvalue weighted by Gasteiger charge is 2.20. The van der Waals surface area contributed by atoms with E-state index < -0.39 is 0 Å². The van der Waals surface area contributed by atoms with Crippen LogP contribution in [0.3, 0.4) is 0 Å². The van der Waals surface area contributed by atoms with Crippen LogP contribution in [0.15, 0.2) is 41.3 Å². The van der Waals surface area contributed by atoms with Gasteiger partial charge >= 0.3 is 0 Å². The van der Waals surface area contributed by atoms with Gasteiger partial charge < -0.3 is 14.6 Å². The molecule has 0 unspecified atom stereocenters. The maximum Gasteiger partial charge on any atom is 0.223 e. The molecule has 3 rings (SSSR count). The summed E-state index contributed by atoms with van der Waals surface area (Å²) in [6.07, 6.45) is 1.44. The molecule has 1 aliphatic heterocycles. The fourth-order valence-corrected chi connectivity index (χ4v) is 2.90. The number of aromatic hydroxyl groups is 1. The molecule has 2 aromatic rings. The fourth-order valence-electron chi connectivity index (χ4n) is 2.90. The summed E-state index contributed by atoms with van der Waals surface area (Å²) < 4.78 is 15.6. The van der Waals surface area contributed by atoms with Crippen LogP contribution in [0.4, 0.5) is 10.1 Å². The number of aryl methyl sites for hydroxylation is 1. The van der Waals surface area contributed by atoms with Crippen molar-refractivity contribution in [2.24, 2.45) is 7.05 Å². The van der Waals surface area contributed by atoms with Crippen molar-refractivity contribution in [2.75, 3.05) is 31.1 Å². The van der Waals surface area contributed by atoms with Gasteiger partial charge in [-0.1, -0.05) is 12.1 Å². The van der Waals surface area contributed by atoms with Gasteiger partial charge in [0.05, 0.1) is 5.69 Å². The minimum Gasteiger partial charge on any atom is -0.503 e. The van der Waals surface area contributed by atoms with E-state index in [-0.39, 0.29) is 17.0 Å². The molecule has 0 atom stereocenters. The lowest BCUT2D eigenvalue weighted by atomic mass is 10.2. The van der Waals surface area contributed by atoms with E-state index in [2.05, 4.69) is 4.90 Å². The first-order valence-corrected chi connectivity index (χ1v) is 7.65. The summed E-state index contributed by atoms with van der Waals surface area (Å²) >= 11 is 0. The average Bonchev–Trinajstić information content (AvgIpc) is 2.54. The molecule has 6 heteroatoms. The number of aromatic nitrogens is 1. The lowest BCUT2D eigenvalue weighted by Gasteiger charge is -2.36. The number of hydrogen-bond donors (Lipinski definition) is 1. The summed E-state index contributed by atoms with van der Waals surface area (Å²) in [7, 11) is 1.81. The highest BCUT2D eigenvalue weighted by molar-refractivity contribution is 5.48. The van der Waals surface area contributed by atoms with Crippen molar-refractivity contribution in [3.8, 4) is 5.75 Å². The van der Waals surface area contributed by atoms with Crippen LogP contribution in [-0.2, 0) is 13.6 Å². The summed E-state index contributed by atoms with van der Waals surface area (Å²) in [4.78, 5) is 15.8. The zero-order valence-electron chi connectivity index (χ0n) is 13.1. The quantitative estimate of drug-likeness (QED) is 0.933. The standard InChI is InChI=1S/C17H20FN3O2/c1-19-12-17(23)16(22)10-13(19)11-20-6-8-21(9-7-20)15-5-3-2-4-14(15)18/h2-5,10,12,23H,6-9,11H2,1H3. The van der Waals surface area contributed by atoms with Gasteiger partial charge in [-0.25, -0.2) is 4.39 Å². The number of pyridine rings is 1. The van der Waals surface area contributed by atoms with Crippen molar-refractivity contribution in [3.63, 3.8) is 0 Å². The highest BCUT2D eigenvalue weighted by atomic mass is 19.1. The Balaban J connectivity index is 1.65. The van der Waals surface area contributed by atoms with E-state index in [4.69, 9.17) is 0 Å². The number of halogens is 1. The zero-order valence-corrected chi connectivity index (χ0v) is 13.1. The molecule has 0 saturated carbocycles. The minimum atomic E-state index is -0.358. The van der Waals surface area contributed by atoms with E-state index in [1.807, 2.05) is 18.0 Å². The maximum absolute atomic E-state index is 13.8. The van der Waals surface area contributed by atoms with Crippen molar-refractivity contribution < 1.29 is 9.50 Å². The summed E-state index contributed by atoms with van der Waals surface area (Å²) in [5, 5.41) is 9.43.